The van der Waals surface area contributed by atoms with Crippen LogP contribution in [0.1, 0.15) is 37.8 Å². The van der Waals surface area contributed by atoms with Gasteiger partial charge in [-0.3, -0.25) is 13.9 Å². The van der Waals surface area contributed by atoms with Gasteiger partial charge >= 0.3 is 0 Å². The topological polar surface area (TPSA) is 105 Å². The lowest BCUT2D eigenvalue weighted by Crippen LogP contribution is -2.52. The summed E-state index contributed by atoms with van der Waals surface area (Å²) in [4.78, 5) is 28.6. The number of nitrogens with zero attached hydrogens (tertiary/aromatic N) is 2. The van der Waals surface area contributed by atoms with Gasteiger partial charge in [-0.2, -0.15) is 0 Å². The Balaban J connectivity index is 1.74. The number of carbonyl (C=O) groups is 2. The van der Waals surface area contributed by atoms with Crippen molar-refractivity contribution in [2.24, 2.45) is 0 Å². The van der Waals surface area contributed by atoms with Gasteiger partial charge in [0.1, 0.15) is 31.6 Å². The van der Waals surface area contributed by atoms with Gasteiger partial charge in [-0.05, 0) is 61.7 Å². The van der Waals surface area contributed by atoms with E-state index in [1.54, 1.807) is 6.92 Å². The molecule has 1 aliphatic rings. The summed E-state index contributed by atoms with van der Waals surface area (Å²) in [6.45, 7) is 6.20. The van der Waals surface area contributed by atoms with E-state index < -0.39 is 34.3 Å². The van der Waals surface area contributed by atoms with Gasteiger partial charge in [0.05, 0.1) is 10.6 Å². The van der Waals surface area contributed by atoms with Crippen molar-refractivity contribution in [3.05, 3.63) is 83.7 Å². The molecule has 0 aliphatic carbocycles. The Morgan fingerprint density at radius 3 is 2.36 bits per heavy atom. The molecule has 1 atom stereocenters. The highest BCUT2D eigenvalue weighted by molar-refractivity contribution is 7.92. The maximum absolute atomic E-state index is 14.1. The minimum atomic E-state index is -4.35. The van der Waals surface area contributed by atoms with Crippen molar-refractivity contribution in [2.45, 2.75) is 51.1 Å². The van der Waals surface area contributed by atoms with E-state index in [1.165, 1.54) is 35.2 Å². The van der Waals surface area contributed by atoms with Crippen LogP contribution in [0.2, 0.25) is 0 Å². The lowest BCUT2D eigenvalue weighted by molar-refractivity contribution is -0.140. The summed E-state index contributed by atoms with van der Waals surface area (Å²) in [5.74, 6) is -0.768. The average molecular weight is 598 g/mol. The van der Waals surface area contributed by atoms with E-state index >= 15 is 0 Å². The fraction of sp³-hybridized carbons (Fsp3) is 0.355. The van der Waals surface area contributed by atoms with E-state index in [2.05, 4.69) is 5.32 Å². The molecule has 0 saturated carbocycles. The molecule has 9 nitrogen and oxygen atoms in total. The third-order valence-electron chi connectivity index (χ3n) is 6.87. The van der Waals surface area contributed by atoms with Crippen molar-refractivity contribution in [1.82, 2.24) is 10.2 Å². The highest BCUT2D eigenvalue weighted by atomic mass is 32.2. The molecule has 0 spiro atoms. The zero-order chi connectivity index (χ0) is 30.3. The lowest BCUT2D eigenvalue weighted by atomic mass is 10.1. The van der Waals surface area contributed by atoms with Crippen LogP contribution < -0.4 is 19.1 Å². The smallest absolute Gasteiger partial charge is 0.264 e. The molecule has 42 heavy (non-hydrogen) atoms. The molecule has 0 bridgehead atoms. The Kier molecular flexibility index (Phi) is 10.1. The van der Waals surface area contributed by atoms with Gasteiger partial charge in [0.25, 0.3) is 10.0 Å². The van der Waals surface area contributed by atoms with Crippen molar-refractivity contribution in [3.63, 3.8) is 0 Å². The molecule has 0 saturated heterocycles. The van der Waals surface area contributed by atoms with Crippen molar-refractivity contribution < 1.29 is 31.9 Å². The molecule has 4 rings (SSSR count). The molecule has 1 heterocycles. The predicted molar refractivity (Wildman–Crippen MR) is 157 cm³/mol. The summed E-state index contributed by atoms with van der Waals surface area (Å²) < 4.78 is 54.0. The molecule has 0 unspecified atom stereocenters. The number of fused-ring (bicyclic) bond motifs is 1. The van der Waals surface area contributed by atoms with Crippen molar-refractivity contribution in [1.29, 1.82) is 0 Å². The number of hydrogen-bond acceptors (Lipinski definition) is 6. The number of sulfonamides is 1. The van der Waals surface area contributed by atoms with Crippen LogP contribution in [0.15, 0.2) is 71.6 Å². The summed E-state index contributed by atoms with van der Waals surface area (Å²) in [6, 6.07) is 15.8. The number of rotatable bonds is 12. The first-order valence-corrected chi connectivity index (χ1v) is 15.4. The average Bonchev–Trinajstić information content (AvgIpc) is 2.98. The van der Waals surface area contributed by atoms with Gasteiger partial charge in [-0.1, -0.05) is 43.7 Å². The maximum Gasteiger partial charge on any atom is 0.264 e. The minimum absolute atomic E-state index is 0.0960. The van der Waals surface area contributed by atoms with Crippen LogP contribution >= 0.6 is 0 Å². The van der Waals surface area contributed by atoms with Crippen molar-refractivity contribution in [3.8, 4) is 11.5 Å². The highest BCUT2D eigenvalue weighted by Gasteiger charge is 2.34. The number of amides is 2. The summed E-state index contributed by atoms with van der Waals surface area (Å²) in [7, 11) is -4.35. The van der Waals surface area contributed by atoms with E-state index in [0.29, 0.717) is 25.3 Å². The SMILES string of the molecule is CCCNC(=O)[C@H](CC)N(Cc1cccc(C)c1)C(=O)CN(c1ccc(F)cc1)S(=O)(=O)c1ccc2c(c1)OCCO2. The molecule has 1 aliphatic heterocycles. The Hall–Kier alpha value is -4.12. The van der Waals surface area contributed by atoms with E-state index in [9.17, 15) is 22.4 Å². The second-order valence-electron chi connectivity index (χ2n) is 10.0. The second kappa shape index (κ2) is 13.7. The summed E-state index contributed by atoms with van der Waals surface area (Å²) in [5.41, 5.74) is 1.88. The van der Waals surface area contributed by atoms with Crippen LogP contribution in [0.25, 0.3) is 0 Å². The standard InChI is InChI=1S/C31H36FN3O6S/c1-4-15-33-31(37)27(5-2)34(20-23-8-6-7-22(3)18-23)30(36)21-35(25-11-9-24(32)10-12-25)42(38,39)26-13-14-28-29(19-26)41-17-16-40-28/h6-14,18-19,27H,4-5,15-17,20-21H2,1-3H3,(H,33,37)/t27-/m0/s1. The van der Waals surface area contributed by atoms with E-state index in [4.69, 9.17) is 9.47 Å². The normalized spacial score (nSPS) is 13.2. The van der Waals surface area contributed by atoms with E-state index in [-0.39, 0.29) is 35.4 Å². The van der Waals surface area contributed by atoms with Crippen molar-refractivity contribution >= 4 is 27.5 Å². The summed E-state index contributed by atoms with van der Waals surface area (Å²) in [5, 5.41) is 2.86. The number of carbonyl (C=O) groups excluding carboxylic acids is 2. The van der Waals surface area contributed by atoms with Crippen LogP contribution in [-0.4, -0.2) is 57.5 Å². The molecule has 0 fully saturated rings. The first-order chi connectivity index (χ1) is 20.1. The fourth-order valence-electron chi connectivity index (χ4n) is 4.74. The number of nitrogens with one attached hydrogen (secondary N) is 1. The lowest BCUT2D eigenvalue weighted by Gasteiger charge is -2.33. The van der Waals surface area contributed by atoms with Crippen LogP contribution in [0, 0.1) is 12.7 Å². The molecule has 0 aromatic heterocycles. The number of benzene rings is 3. The molecule has 0 radical (unpaired) electrons. The Labute approximate surface area is 246 Å². The Morgan fingerprint density at radius 2 is 1.69 bits per heavy atom. The van der Waals surface area contributed by atoms with Gasteiger partial charge in [0, 0.05) is 19.2 Å². The molecular formula is C31H36FN3O6S. The molecule has 1 N–H and O–H groups in total. The van der Waals surface area contributed by atoms with Crippen LogP contribution in [0.3, 0.4) is 0 Å². The predicted octanol–water partition coefficient (Wildman–Crippen LogP) is 4.43. The first kappa shape index (κ1) is 30.8. The number of aryl methyl sites for hydroxylation is 1. The first-order valence-electron chi connectivity index (χ1n) is 13.9. The summed E-state index contributed by atoms with van der Waals surface area (Å²) in [6.07, 6.45) is 1.04. The fourth-order valence-corrected chi connectivity index (χ4v) is 6.17. The molecule has 3 aromatic carbocycles. The molecule has 2 amide bonds. The monoisotopic (exact) mass is 597 g/mol. The zero-order valence-electron chi connectivity index (χ0n) is 24.0. The van der Waals surface area contributed by atoms with Crippen LogP contribution in [0.4, 0.5) is 10.1 Å². The van der Waals surface area contributed by atoms with E-state index in [1.807, 2.05) is 38.1 Å². The summed E-state index contributed by atoms with van der Waals surface area (Å²) >= 11 is 0. The molecule has 11 heteroatoms. The zero-order valence-corrected chi connectivity index (χ0v) is 24.8. The van der Waals surface area contributed by atoms with Crippen LogP contribution in [-0.2, 0) is 26.2 Å². The van der Waals surface area contributed by atoms with Gasteiger partial charge in [0.15, 0.2) is 11.5 Å². The van der Waals surface area contributed by atoms with Crippen LogP contribution in [0.5, 0.6) is 11.5 Å². The maximum atomic E-state index is 14.1. The second-order valence-corrected chi connectivity index (χ2v) is 11.9. The largest absolute Gasteiger partial charge is 0.486 e. The highest BCUT2D eigenvalue weighted by Crippen LogP contribution is 2.34. The molecule has 3 aromatic rings. The third-order valence-corrected chi connectivity index (χ3v) is 8.64. The van der Waals surface area contributed by atoms with Gasteiger partial charge in [0.2, 0.25) is 11.8 Å². The van der Waals surface area contributed by atoms with Gasteiger partial charge in [-0.15, -0.1) is 0 Å². The molecular weight excluding hydrogens is 561 g/mol. The number of ether oxygens (including phenoxy) is 2. The number of halogens is 1. The molecule has 224 valence electrons. The van der Waals surface area contributed by atoms with Gasteiger partial charge < -0.3 is 19.7 Å². The Bertz CT molecular complexity index is 1510. The minimum Gasteiger partial charge on any atom is -0.486 e. The van der Waals surface area contributed by atoms with Crippen molar-refractivity contribution in [2.75, 3.05) is 30.6 Å². The number of hydrogen-bond donors (Lipinski definition) is 1. The van der Waals surface area contributed by atoms with Gasteiger partial charge in [-0.25, -0.2) is 12.8 Å². The third kappa shape index (κ3) is 7.20. The Morgan fingerprint density at radius 1 is 0.976 bits per heavy atom. The quantitative estimate of drug-likeness (QED) is 0.331. The van der Waals surface area contributed by atoms with E-state index in [0.717, 1.165) is 34.0 Å². The number of anilines is 1.